The molecule has 2 aromatic carbocycles. The number of thioether (sulfide) groups is 1. The zero-order chi connectivity index (χ0) is 17.8. The van der Waals surface area contributed by atoms with Crippen LogP contribution in [0.5, 0.6) is 0 Å². The topological polar surface area (TPSA) is 38.7 Å². The molecule has 0 unspecified atom stereocenters. The van der Waals surface area contributed by atoms with E-state index >= 15 is 0 Å². The maximum Gasteiger partial charge on any atom is 0.188 e. The normalized spacial score (nSPS) is 10.8. The van der Waals surface area contributed by atoms with Gasteiger partial charge in [-0.05, 0) is 17.7 Å². The van der Waals surface area contributed by atoms with Gasteiger partial charge >= 0.3 is 0 Å². The molecule has 0 amide bonds. The Morgan fingerprint density at radius 3 is 2.54 bits per heavy atom. The summed E-state index contributed by atoms with van der Waals surface area (Å²) in [7, 11) is 0. The van der Waals surface area contributed by atoms with E-state index in [4.69, 9.17) is 16.6 Å². The molecular formula is C20H14ClN3S2. The smallest absolute Gasteiger partial charge is 0.188 e. The van der Waals surface area contributed by atoms with Crippen molar-refractivity contribution in [3.63, 3.8) is 0 Å². The van der Waals surface area contributed by atoms with E-state index in [-0.39, 0.29) is 0 Å². The molecule has 0 N–H and O–H groups in total. The van der Waals surface area contributed by atoms with E-state index < -0.39 is 0 Å². The van der Waals surface area contributed by atoms with Crippen LogP contribution in [0.2, 0.25) is 5.02 Å². The monoisotopic (exact) mass is 395 g/mol. The Hall–Kier alpha value is -2.21. The van der Waals surface area contributed by atoms with Gasteiger partial charge in [0.1, 0.15) is 10.7 Å². The van der Waals surface area contributed by atoms with Crippen molar-refractivity contribution in [1.82, 2.24) is 15.0 Å². The fourth-order valence-corrected chi connectivity index (χ4v) is 4.35. The lowest BCUT2D eigenvalue weighted by molar-refractivity contribution is 0.969. The summed E-state index contributed by atoms with van der Waals surface area (Å²) >= 11 is 9.40. The van der Waals surface area contributed by atoms with Crippen molar-refractivity contribution in [2.45, 2.75) is 10.9 Å². The van der Waals surface area contributed by atoms with E-state index in [2.05, 4.69) is 22.1 Å². The zero-order valence-corrected chi connectivity index (χ0v) is 16.1. The quantitative estimate of drug-likeness (QED) is 0.297. The highest BCUT2D eigenvalue weighted by Gasteiger charge is 2.09. The molecule has 0 bridgehead atoms. The van der Waals surface area contributed by atoms with Gasteiger partial charge in [0.25, 0.3) is 0 Å². The van der Waals surface area contributed by atoms with Crippen LogP contribution in [0.15, 0.2) is 77.4 Å². The van der Waals surface area contributed by atoms with Gasteiger partial charge in [-0.3, -0.25) is 0 Å². The maximum atomic E-state index is 6.22. The molecular weight excluding hydrogens is 382 g/mol. The number of rotatable bonds is 5. The highest BCUT2D eigenvalue weighted by Crippen LogP contribution is 2.29. The van der Waals surface area contributed by atoms with Crippen LogP contribution in [0.4, 0.5) is 0 Å². The van der Waals surface area contributed by atoms with E-state index in [1.807, 2.05) is 53.9 Å². The van der Waals surface area contributed by atoms with E-state index in [9.17, 15) is 0 Å². The van der Waals surface area contributed by atoms with Crippen molar-refractivity contribution in [1.29, 1.82) is 0 Å². The fraction of sp³-hybridized carbons (Fsp3) is 0.0500. The van der Waals surface area contributed by atoms with Gasteiger partial charge in [-0.25, -0.2) is 15.0 Å². The second-order valence-electron chi connectivity index (χ2n) is 5.51. The predicted molar refractivity (Wildman–Crippen MR) is 110 cm³/mol. The Morgan fingerprint density at radius 2 is 1.69 bits per heavy atom. The summed E-state index contributed by atoms with van der Waals surface area (Å²) in [5, 5.41) is 4.51. The second-order valence-corrected chi connectivity index (χ2v) is 7.72. The van der Waals surface area contributed by atoms with E-state index in [0.717, 1.165) is 43.5 Å². The number of aromatic nitrogens is 3. The third-order valence-corrected chi connectivity index (χ3v) is 5.91. The maximum absolute atomic E-state index is 6.22. The van der Waals surface area contributed by atoms with Crippen LogP contribution in [0.25, 0.3) is 22.0 Å². The van der Waals surface area contributed by atoms with Crippen LogP contribution >= 0.6 is 34.7 Å². The molecule has 0 aliphatic carbocycles. The number of thiazole rings is 1. The lowest BCUT2D eigenvalue weighted by atomic mass is 10.2. The molecule has 4 rings (SSSR count). The Balaban J connectivity index is 1.53. The average molecular weight is 396 g/mol. The number of nitrogens with zero attached hydrogens (tertiary/aromatic N) is 3. The molecule has 0 atom stereocenters. The number of halogens is 1. The van der Waals surface area contributed by atoms with Crippen LogP contribution in [0.1, 0.15) is 5.56 Å². The summed E-state index contributed by atoms with van der Waals surface area (Å²) in [6, 6.07) is 19.9. The van der Waals surface area contributed by atoms with Gasteiger partial charge in [0.05, 0.1) is 5.69 Å². The van der Waals surface area contributed by atoms with Crippen molar-refractivity contribution < 1.29 is 0 Å². The van der Waals surface area contributed by atoms with Crippen LogP contribution in [-0.2, 0) is 5.75 Å². The minimum absolute atomic E-state index is 0.719. The minimum Gasteiger partial charge on any atom is -0.234 e. The SMILES string of the molecule is Clc1ccccc1CSc1nccc(-c2csc(-c3ccccc3)n2)n1. The summed E-state index contributed by atoms with van der Waals surface area (Å²) in [4.78, 5) is 13.7. The van der Waals surface area contributed by atoms with Gasteiger partial charge < -0.3 is 0 Å². The molecule has 0 fully saturated rings. The first kappa shape index (κ1) is 17.2. The van der Waals surface area contributed by atoms with Gasteiger partial charge in [-0.2, -0.15) is 0 Å². The van der Waals surface area contributed by atoms with Gasteiger partial charge in [-0.1, -0.05) is 71.9 Å². The Bertz CT molecular complexity index is 1020. The van der Waals surface area contributed by atoms with Crippen LogP contribution < -0.4 is 0 Å². The molecule has 128 valence electrons. The fourth-order valence-electron chi connectivity index (χ4n) is 2.42. The summed E-state index contributed by atoms with van der Waals surface area (Å²) in [6.07, 6.45) is 1.78. The van der Waals surface area contributed by atoms with E-state index in [1.165, 1.54) is 0 Å². The third kappa shape index (κ3) is 3.96. The summed E-state index contributed by atoms with van der Waals surface area (Å²) in [6.45, 7) is 0. The van der Waals surface area contributed by atoms with Crippen molar-refractivity contribution >= 4 is 34.7 Å². The second kappa shape index (κ2) is 7.99. The van der Waals surface area contributed by atoms with Crippen molar-refractivity contribution in [2.75, 3.05) is 0 Å². The molecule has 0 saturated heterocycles. The lowest BCUT2D eigenvalue weighted by Gasteiger charge is -2.04. The van der Waals surface area contributed by atoms with Crippen molar-refractivity contribution in [2.24, 2.45) is 0 Å². The van der Waals surface area contributed by atoms with Gasteiger partial charge in [0, 0.05) is 27.9 Å². The Labute approximate surface area is 165 Å². The predicted octanol–water partition coefficient (Wildman–Crippen LogP) is 6.21. The first-order valence-electron chi connectivity index (χ1n) is 8.00. The third-order valence-electron chi connectivity index (χ3n) is 3.74. The highest BCUT2D eigenvalue weighted by atomic mass is 35.5. The van der Waals surface area contributed by atoms with Gasteiger partial charge in [0.15, 0.2) is 5.16 Å². The number of hydrogen-bond acceptors (Lipinski definition) is 5. The van der Waals surface area contributed by atoms with Crippen LogP contribution in [0.3, 0.4) is 0 Å². The molecule has 2 heterocycles. The van der Waals surface area contributed by atoms with E-state index in [1.54, 1.807) is 29.3 Å². The highest BCUT2D eigenvalue weighted by molar-refractivity contribution is 7.98. The number of benzene rings is 2. The number of hydrogen-bond donors (Lipinski definition) is 0. The molecule has 6 heteroatoms. The molecule has 0 aliphatic rings. The Morgan fingerprint density at radius 1 is 0.885 bits per heavy atom. The standard InChI is InChI=1S/C20H14ClN3S2/c21-16-9-5-4-8-15(16)12-26-20-22-11-10-17(24-20)18-13-25-19(23-18)14-6-2-1-3-7-14/h1-11,13H,12H2. The molecule has 0 spiro atoms. The minimum atomic E-state index is 0.719. The molecule has 0 aliphatic heterocycles. The average Bonchev–Trinajstić information content (AvgIpc) is 3.19. The summed E-state index contributed by atoms with van der Waals surface area (Å²) in [5.74, 6) is 0.732. The molecule has 26 heavy (non-hydrogen) atoms. The van der Waals surface area contributed by atoms with Crippen LogP contribution in [0, 0.1) is 0 Å². The van der Waals surface area contributed by atoms with Crippen molar-refractivity contribution in [3.05, 3.63) is 82.8 Å². The molecule has 0 saturated carbocycles. The molecule has 0 radical (unpaired) electrons. The first-order valence-corrected chi connectivity index (χ1v) is 10.2. The van der Waals surface area contributed by atoms with Gasteiger partial charge in [-0.15, -0.1) is 11.3 Å². The largest absolute Gasteiger partial charge is 0.234 e. The lowest BCUT2D eigenvalue weighted by Crippen LogP contribution is -1.91. The summed E-state index contributed by atoms with van der Waals surface area (Å²) in [5.41, 5.74) is 3.90. The van der Waals surface area contributed by atoms with Crippen LogP contribution in [-0.4, -0.2) is 15.0 Å². The molecule has 4 aromatic rings. The van der Waals surface area contributed by atoms with E-state index in [0.29, 0.717) is 0 Å². The zero-order valence-electron chi connectivity index (χ0n) is 13.7. The summed E-state index contributed by atoms with van der Waals surface area (Å²) < 4.78 is 0. The Kier molecular flexibility index (Phi) is 5.29. The van der Waals surface area contributed by atoms with Gasteiger partial charge in [0.2, 0.25) is 0 Å². The molecule has 2 aromatic heterocycles. The van der Waals surface area contributed by atoms with Crippen molar-refractivity contribution in [3.8, 4) is 22.0 Å². The first-order chi connectivity index (χ1) is 12.8. The molecule has 3 nitrogen and oxygen atoms in total.